The van der Waals surface area contributed by atoms with E-state index >= 15 is 0 Å². The number of piperidine rings is 1. The highest BCUT2D eigenvalue weighted by Crippen LogP contribution is 2.70. The van der Waals surface area contributed by atoms with Gasteiger partial charge in [0.2, 0.25) is 0 Å². The molecule has 0 spiro atoms. The van der Waals surface area contributed by atoms with Gasteiger partial charge in [-0.3, -0.25) is 15.5 Å². The minimum Gasteiger partial charge on any atom is -0.391 e. The molecule has 11 nitrogen and oxygen atoms in total. The van der Waals surface area contributed by atoms with Crippen molar-refractivity contribution < 1.29 is 45.5 Å². The number of fused-ring (bicyclic) bond motifs is 5. The molecule has 0 aromatic rings. The smallest absolute Gasteiger partial charge is 0.180 e. The van der Waals surface area contributed by atoms with Crippen molar-refractivity contribution in [1.82, 2.24) is 0 Å². The Bertz CT molecular complexity index is 1330. The number of ketones is 1. The number of quaternary nitrogens is 1. The largest absolute Gasteiger partial charge is 0.391 e. The first-order valence-corrected chi connectivity index (χ1v) is 21.0. The van der Waals surface area contributed by atoms with Crippen LogP contribution in [0.4, 0.5) is 0 Å². The molecule has 10 N–H and O–H groups in total. The number of nitrogens with zero attached hydrogens (tertiary/aromatic N) is 1. The van der Waals surface area contributed by atoms with Crippen molar-refractivity contribution in [1.29, 1.82) is 0 Å². The third kappa shape index (κ3) is 6.28. The van der Waals surface area contributed by atoms with Gasteiger partial charge in [-0.2, -0.15) is 0 Å². The summed E-state index contributed by atoms with van der Waals surface area (Å²) in [5.41, 5.74) is 2.02. The highest BCUT2D eigenvalue weighted by atomic mass is 16.5. The van der Waals surface area contributed by atoms with Crippen LogP contribution in [0, 0.1) is 58.2 Å². The number of Topliss-reactive ketones (excluding diaryl/α,β-unsaturated/α-hetero) is 1. The van der Waals surface area contributed by atoms with Crippen LogP contribution < -0.4 is 11.1 Å². The fourth-order valence-corrected chi connectivity index (χ4v) is 13.8. The summed E-state index contributed by atoms with van der Waals surface area (Å²) < 4.78 is 6.32. The standard InChI is InChI=1S/C41H69N3O8/c1-22(45)19-44-34-33-27(40(15-11-24-9-10-32(42)43-20-24)18-30(47)29(46)17-28(40)35(34)48)12-14-38(3)31(13-16-41(33,38)51)39(4,50)37(49)36-23(2)26(21-52-36)25-7-5-6-8-25/h22-33,36-37,43,45-47,49-51H,5-21,42H2,1-4H3/p+1/t22-,23+,24?,26+,27+,28+,29+,30-,31+,32?,33-,36+,37+,38+,39+,40+,41-/m0/s1. The summed E-state index contributed by atoms with van der Waals surface area (Å²) in [7, 11) is 0. The van der Waals surface area contributed by atoms with Crippen molar-refractivity contribution in [2.75, 3.05) is 19.7 Å². The Morgan fingerprint density at radius 3 is 2.48 bits per heavy atom. The van der Waals surface area contributed by atoms with Gasteiger partial charge in [-0.05, 0) is 107 Å². The van der Waals surface area contributed by atoms with Crippen LogP contribution in [0.5, 0.6) is 0 Å². The van der Waals surface area contributed by atoms with Crippen LogP contribution >= 0.6 is 0 Å². The van der Waals surface area contributed by atoms with Gasteiger partial charge in [0.15, 0.2) is 5.78 Å². The number of aliphatic hydroxyl groups is 6. The molecule has 0 aromatic carbocycles. The van der Waals surface area contributed by atoms with Crippen molar-refractivity contribution in [2.24, 2.45) is 68.9 Å². The van der Waals surface area contributed by atoms with Crippen LogP contribution in [0.3, 0.4) is 0 Å². The molecule has 0 aromatic heterocycles. The number of hydrogen-bond acceptors (Lipinski definition) is 10. The van der Waals surface area contributed by atoms with E-state index in [-0.39, 0.29) is 43.2 Å². The molecule has 7 aliphatic rings. The molecular weight excluding hydrogens is 662 g/mol. The molecule has 17 atom stereocenters. The normalized spacial score (nSPS) is 50.0. The Hall–Kier alpha value is -1.02. The quantitative estimate of drug-likeness (QED) is 0.174. The van der Waals surface area contributed by atoms with E-state index in [2.05, 4.69) is 12.2 Å². The lowest BCUT2D eigenvalue weighted by Gasteiger charge is -2.65. The van der Waals surface area contributed by atoms with Crippen molar-refractivity contribution in [3.8, 4) is 0 Å². The first-order chi connectivity index (χ1) is 24.5. The van der Waals surface area contributed by atoms with Gasteiger partial charge >= 0.3 is 0 Å². The van der Waals surface area contributed by atoms with E-state index in [1.807, 2.05) is 6.92 Å². The van der Waals surface area contributed by atoms with E-state index in [9.17, 15) is 35.4 Å². The van der Waals surface area contributed by atoms with Crippen LogP contribution in [0.25, 0.3) is 0 Å². The van der Waals surface area contributed by atoms with Crippen molar-refractivity contribution in [3.05, 3.63) is 0 Å². The Morgan fingerprint density at radius 1 is 1.08 bits per heavy atom. The zero-order valence-electron chi connectivity index (χ0n) is 32.2. The molecular formula is C41H70N3O8+. The minimum absolute atomic E-state index is 0.0269. The summed E-state index contributed by atoms with van der Waals surface area (Å²) in [6, 6.07) is 0. The summed E-state index contributed by atoms with van der Waals surface area (Å²) in [4.78, 5) is 19.7. The van der Waals surface area contributed by atoms with Gasteiger partial charge in [0, 0.05) is 29.6 Å². The van der Waals surface area contributed by atoms with Crippen LogP contribution in [-0.4, -0.2) is 110 Å². The molecule has 5 aliphatic carbocycles. The summed E-state index contributed by atoms with van der Waals surface area (Å²) in [6.45, 7) is 9.10. The molecule has 296 valence electrons. The second-order valence-electron chi connectivity index (χ2n) is 19.5. The molecule has 2 aliphatic heterocycles. The molecule has 5 saturated carbocycles. The molecule has 7 fully saturated rings. The molecule has 11 heteroatoms. The molecule has 0 amide bonds. The zero-order valence-corrected chi connectivity index (χ0v) is 32.2. The zero-order chi connectivity index (χ0) is 37.4. The average Bonchev–Trinajstić information content (AvgIpc) is 3.83. The van der Waals surface area contributed by atoms with Crippen molar-refractivity contribution in [3.63, 3.8) is 0 Å². The number of carbonyl (C=O) groups excluding carboxylic acids is 1. The predicted octanol–water partition coefficient (Wildman–Crippen LogP) is 1.67. The fourth-order valence-electron chi connectivity index (χ4n) is 13.8. The Morgan fingerprint density at radius 2 is 1.81 bits per heavy atom. The topological polar surface area (TPSA) is 203 Å². The van der Waals surface area contributed by atoms with Crippen LogP contribution in [0.2, 0.25) is 0 Å². The van der Waals surface area contributed by atoms with Crippen LogP contribution in [0.15, 0.2) is 4.99 Å². The van der Waals surface area contributed by atoms with Crippen LogP contribution in [0.1, 0.15) is 118 Å². The minimum atomic E-state index is -1.56. The number of aliphatic hydroxyl groups excluding tert-OH is 4. The third-order valence-electron chi connectivity index (χ3n) is 16.8. The molecule has 2 saturated heterocycles. The van der Waals surface area contributed by atoms with E-state index in [0.717, 1.165) is 25.8 Å². The van der Waals surface area contributed by atoms with Crippen LogP contribution in [-0.2, 0) is 9.53 Å². The SMILES string of the molecule is C[C@H]1[C@H]([C@@H](O)[C@](C)(O)[C@@H]2CC[C@]3(O)[C@@H]4C(=NC[C@H](C)O)C(=O)[C@H]5C[C@@H](O)[C@@H](O)C[C@]5(CCC5CCC(N)[NH2+]C5)[C@@H]4CC[C@]23C)OC[C@H]1C1CCCC1. The van der Waals surface area contributed by atoms with Gasteiger partial charge in [0.25, 0.3) is 0 Å². The highest BCUT2D eigenvalue weighted by molar-refractivity contribution is 6.42. The monoisotopic (exact) mass is 733 g/mol. The number of nitrogens with two attached hydrogens (primary N) is 2. The predicted molar refractivity (Wildman–Crippen MR) is 196 cm³/mol. The van der Waals surface area contributed by atoms with E-state index < -0.39 is 70.3 Å². The highest BCUT2D eigenvalue weighted by Gasteiger charge is 2.74. The third-order valence-corrected chi connectivity index (χ3v) is 16.8. The molecule has 0 bridgehead atoms. The van der Waals surface area contributed by atoms with Gasteiger partial charge in [0.1, 0.15) is 12.3 Å². The molecule has 7 rings (SSSR count). The number of ether oxygens (including phenoxy) is 1. The van der Waals surface area contributed by atoms with Crippen molar-refractivity contribution in [2.45, 2.75) is 165 Å². The van der Waals surface area contributed by atoms with Gasteiger partial charge in [-0.25, -0.2) is 0 Å². The molecule has 52 heavy (non-hydrogen) atoms. The number of carbonyl (C=O) groups is 1. The van der Waals surface area contributed by atoms with E-state index in [1.54, 1.807) is 13.8 Å². The number of rotatable bonds is 9. The second kappa shape index (κ2) is 14.5. The summed E-state index contributed by atoms with van der Waals surface area (Å²) >= 11 is 0. The maximum Gasteiger partial charge on any atom is 0.180 e. The Balaban J connectivity index is 1.22. The lowest BCUT2D eigenvalue weighted by Crippen LogP contribution is -2.95. The Kier molecular flexibility index (Phi) is 10.9. The van der Waals surface area contributed by atoms with Gasteiger partial charge in [0.05, 0.1) is 61.0 Å². The summed E-state index contributed by atoms with van der Waals surface area (Å²) in [5.74, 6) is -0.545. The van der Waals surface area contributed by atoms with Gasteiger partial charge in [-0.1, -0.05) is 39.5 Å². The van der Waals surface area contributed by atoms with E-state index in [1.165, 1.54) is 25.7 Å². The number of hydrogen-bond donors (Lipinski definition) is 8. The lowest BCUT2D eigenvalue weighted by atomic mass is 9.40. The van der Waals surface area contributed by atoms with E-state index in [4.69, 9.17) is 15.5 Å². The van der Waals surface area contributed by atoms with Gasteiger partial charge < -0.3 is 40.7 Å². The average molecular weight is 733 g/mol. The maximum absolute atomic E-state index is 14.9. The first-order valence-electron chi connectivity index (χ1n) is 21.0. The Labute approximate surface area is 310 Å². The van der Waals surface area contributed by atoms with E-state index in [0.29, 0.717) is 62.2 Å². The second-order valence-corrected chi connectivity index (χ2v) is 19.5. The number of aliphatic imine (C=N–C) groups is 1. The first kappa shape index (κ1) is 39.2. The molecule has 2 heterocycles. The van der Waals surface area contributed by atoms with Crippen molar-refractivity contribution >= 4 is 11.5 Å². The fraction of sp³-hybridized carbons (Fsp3) is 0.951. The summed E-state index contributed by atoms with van der Waals surface area (Å²) in [5, 5.41) is 72.8. The molecule has 0 radical (unpaired) electrons. The van der Waals surface area contributed by atoms with Gasteiger partial charge in [-0.15, -0.1) is 0 Å². The summed E-state index contributed by atoms with van der Waals surface area (Å²) in [6.07, 6.45) is 6.58. The lowest BCUT2D eigenvalue weighted by molar-refractivity contribution is -0.703. The molecule has 2 unspecified atom stereocenters. The maximum atomic E-state index is 14.9.